The third-order valence-corrected chi connectivity index (χ3v) is 11.7. The molecule has 3 fully saturated rings. The van der Waals surface area contributed by atoms with Crippen LogP contribution in [0.25, 0.3) is 0 Å². The number of anilines is 2. The van der Waals surface area contributed by atoms with Gasteiger partial charge in [0.05, 0.1) is 41.4 Å². The molecule has 272 valence electrons. The van der Waals surface area contributed by atoms with E-state index < -0.39 is 104 Å². The minimum Gasteiger partial charge on any atom is -0.508 e. The Labute approximate surface area is 299 Å². The molecule has 17 heteroatoms. The number of amides is 4. The molecule has 1 saturated carbocycles. The SMILES string of the molecule is COc1ccc(C2C3=CCC4C(=O)N(c5cc(C(F)(F)F)cc(C(F)(F)F)c5)C(=O)C4C3CC3(Cl)C(=O)N(c4ccc(F)cc4)C(=O)C23Cl)c(O)c1. The second-order valence-corrected chi connectivity index (χ2v) is 14.2. The molecule has 52 heavy (non-hydrogen) atoms. The van der Waals surface area contributed by atoms with Gasteiger partial charge in [0, 0.05) is 17.5 Å². The van der Waals surface area contributed by atoms with Gasteiger partial charge in [0.1, 0.15) is 17.3 Å². The number of hydrogen-bond donors (Lipinski definition) is 1. The van der Waals surface area contributed by atoms with Crippen molar-refractivity contribution >= 4 is 58.2 Å². The van der Waals surface area contributed by atoms with E-state index in [-0.39, 0.29) is 52.1 Å². The van der Waals surface area contributed by atoms with Crippen molar-refractivity contribution in [3.05, 3.63) is 94.8 Å². The van der Waals surface area contributed by atoms with Gasteiger partial charge >= 0.3 is 12.4 Å². The van der Waals surface area contributed by atoms with Crippen molar-refractivity contribution < 1.29 is 59.8 Å². The number of allylic oxidation sites excluding steroid dienone is 2. The van der Waals surface area contributed by atoms with Crippen LogP contribution in [0.4, 0.5) is 42.1 Å². The fourth-order valence-electron chi connectivity index (χ4n) is 7.96. The zero-order valence-electron chi connectivity index (χ0n) is 26.4. The van der Waals surface area contributed by atoms with E-state index in [1.807, 2.05) is 0 Å². The first-order chi connectivity index (χ1) is 24.2. The number of hydrogen-bond acceptors (Lipinski definition) is 6. The molecule has 0 radical (unpaired) electrons. The van der Waals surface area contributed by atoms with Crippen LogP contribution < -0.4 is 14.5 Å². The maximum atomic E-state index is 14.4. The van der Waals surface area contributed by atoms with Gasteiger partial charge < -0.3 is 9.84 Å². The summed E-state index contributed by atoms with van der Waals surface area (Å²) in [5, 5.41) is 11.2. The second kappa shape index (κ2) is 11.7. The monoisotopic (exact) mass is 770 g/mol. The van der Waals surface area contributed by atoms with Gasteiger partial charge in [0.2, 0.25) is 11.8 Å². The van der Waals surface area contributed by atoms with Gasteiger partial charge in [-0.15, -0.1) is 23.2 Å². The first-order valence-corrected chi connectivity index (χ1v) is 16.3. The Balaban J connectivity index is 1.39. The summed E-state index contributed by atoms with van der Waals surface area (Å²) in [7, 11) is 1.32. The topological polar surface area (TPSA) is 104 Å². The predicted molar refractivity (Wildman–Crippen MR) is 170 cm³/mol. The maximum Gasteiger partial charge on any atom is 0.416 e. The van der Waals surface area contributed by atoms with Crippen molar-refractivity contribution in [2.45, 2.75) is 40.9 Å². The Kier molecular flexibility index (Phi) is 8.04. The number of alkyl halides is 8. The Morgan fingerprint density at radius 2 is 1.40 bits per heavy atom. The van der Waals surface area contributed by atoms with Crippen LogP contribution in [0.15, 0.2) is 72.3 Å². The minimum atomic E-state index is -5.28. The van der Waals surface area contributed by atoms with Gasteiger partial charge in [0.15, 0.2) is 9.75 Å². The van der Waals surface area contributed by atoms with E-state index in [1.54, 1.807) is 0 Å². The minimum absolute atomic E-state index is 0.0429. The zero-order valence-corrected chi connectivity index (χ0v) is 27.9. The summed E-state index contributed by atoms with van der Waals surface area (Å²) in [5.41, 5.74) is -4.43. The van der Waals surface area contributed by atoms with E-state index in [9.17, 15) is 55.0 Å². The molecule has 0 bridgehead atoms. The van der Waals surface area contributed by atoms with Crippen LogP contribution in [0.2, 0.25) is 0 Å². The maximum absolute atomic E-state index is 14.4. The van der Waals surface area contributed by atoms with Gasteiger partial charge in [-0.3, -0.25) is 19.2 Å². The number of rotatable bonds is 4. The molecule has 3 aromatic carbocycles. The molecule has 2 aliphatic carbocycles. The van der Waals surface area contributed by atoms with Crippen LogP contribution in [-0.2, 0) is 31.5 Å². The summed E-state index contributed by atoms with van der Waals surface area (Å²) in [5.74, 6) is -10.9. The standard InChI is InChI=1S/C35H23Cl2F7N2O6/c1-52-20-6-7-22(25(47)13-20)27-21-8-9-23-26(29(49)45(28(23)48)19-11-15(34(39,40)41)10-16(12-19)35(42,43)44)24(21)14-32(36)30(50)46(31(51)33(27,32)37)18-4-2-17(38)3-5-18/h2-8,10-13,23-24,26-27,47H,9,14H2,1H3. The summed E-state index contributed by atoms with van der Waals surface area (Å²) in [6, 6.07) is 8.58. The molecule has 0 spiro atoms. The normalized spacial score (nSPS) is 28.8. The number of fused-ring (bicyclic) bond motifs is 4. The van der Waals surface area contributed by atoms with Gasteiger partial charge in [-0.2, -0.15) is 26.3 Å². The molecule has 0 aromatic heterocycles. The summed E-state index contributed by atoms with van der Waals surface area (Å²) in [6.45, 7) is 0. The number of ether oxygens (including phenoxy) is 1. The highest BCUT2D eigenvalue weighted by Crippen LogP contribution is 2.66. The lowest BCUT2D eigenvalue weighted by Crippen LogP contribution is -2.60. The van der Waals surface area contributed by atoms with Gasteiger partial charge in [-0.1, -0.05) is 17.7 Å². The molecule has 3 aromatic rings. The quantitative estimate of drug-likeness (QED) is 0.129. The number of nitrogens with zero attached hydrogens (tertiary/aromatic N) is 2. The molecule has 2 aliphatic heterocycles. The third-order valence-electron chi connectivity index (χ3n) is 10.3. The number of phenols is 1. The highest BCUT2D eigenvalue weighted by atomic mass is 35.5. The van der Waals surface area contributed by atoms with E-state index in [4.69, 9.17) is 27.9 Å². The zero-order chi connectivity index (χ0) is 37.9. The summed E-state index contributed by atoms with van der Waals surface area (Å²) in [4.78, 5) is 52.8. The Morgan fingerprint density at radius 1 is 0.788 bits per heavy atom. The molecular weight excluding hydrogens is 748 g/mol. The number of phenolic OH excluding ortho intramolecular Hbond substituents is 1. The van der Waals surface area contributed by atoms with Gasteiger partial charge in [-0.25, -0.2) is 14.2 Å². The highest BCUT2D eigenvalue weighted by molar-refractivity contribution is 6.58. The Hall–Kier alpha value is -4.63. The van der Waals surface area contributed by atoms with E-state index in [0.29, 0.717) is 4.90 Å². The van der Waals surface area contributed by atoms with E-state index in [1.165, 1.54) is 31.4 Å². The Bertz CT molecular complexity index is 2070. The number of carbonyl (C=O) groups is 4. The van der Waals surface area contributed by atoms with Crippen molar-refractivity contribution in [1.29, 1.82) is 0 Å². The van der Waals surface area contributed by atoms with Crippen molar-refractivity contribution in [3.8, 4) is 11.5 Å². The van der Waals surface area contributed by atoms with Crippen LogP contribution in [0, 0.1) is 23.6 Å². The summed E-state index contributed by atoms with van der Waals surface area (Å²) in [6.07, 6.45) is -9.96. The number of carbonyl (C=O) groups excluding carboxylic acids is 4. The van der Waals surface area contributed by atoms with Crippen LogP contribution in [0.3, 0.4) is 0 Å². The Morgan fingerprint density at radius 3 is 1.96 bits per heavy atom. The van der Waals surface area contributed by atoms with Crippen molar-refractivity contribution in [2.24, 2.45) is 17.8 Å². The molecule has 4 aliphatic rings. The van der Waals surface area contributed by atoms with Gasteiger partial charge in [0.25, 0.3) is 11.8 Å². The fraction of sp³-hybridized carbons (Fsp3) is 0.314. The van der Waals surface area contributed by atoms with Crippen molar-refractivity contribution in [3.63, 3.8) is 0 Å². The number of aromatic hydroxyl groups is 1. The number of methoxy groups -OCH3 is 1. The average Bonchev–Trinajstić information content (AvgIpc) is 3.42. The largest absolute Gasteiger partial charge is 0.508 e. The first kappa shape index (κ1) is 35.8. The molecule has 8 nitrogen and oxygen atoms in total. The molecule has 2 saturated heterocycles. The molecule has 1 N–H and O–H groups in total. The molecule has 7 rings (SSSR count). The van der Waals surface area contributed by atoms with Crippen LogP contribution in [-0.4, -0.2) is 45.6 Å². The fourth-order valence-corrected chi connectivity index (χ4v) is 8.89. The summed E-state index contributed by atoms with van der Waals surface area (Å²) >= 11 is 14.4. The molecule has 6 unspecified atom stereocenters. The van der Waals surface area contributed by atoms with Crippen molar-refractivity contribution in [2.75, 3.05) is 16.9 Å². The smallest absolute Gasteiger partial charge is 0.416 e. The third kappa shape index (κ3) is 5.02. The van der Waals surface area contributed by atoms with Crippen molar-refractivity contribution in [1.82, 2.24) is 0 Å². The van der Waals surface area contributed by atoms with Gasteiger partial charge in [-0.05, 0) is 67.3 Å². The average molecular weight is 771 g/mol. The van der Waals surface area contributed by atoms with Crippen LogP contribution >= 0.6 is 23.2 Å². The molecular formula is C35H23Cl2F7N2O6. The number of halogens is 9. The second-order valence-electron chi connectivity index (χ2n) is 13.0. The lowest BCUT2D eigenvalue weighted by atomic mass is 9.56. The number of imide groups is 2. The first-order valence-electron chi connectivity index (χ1n) is 15.5. The van der Waals surface area contributed by atoms with Crippen LogP contribution in [0.1, 0.15) is 35.4 Å². The number of benzene rings is 3. The lowest BCUT2D eigenvalue weighted by Gasteiger charge is -2.50. The highest BCUT2D eigenvalue weighted by Gasteiger charge is 2.77. The molecule has 2 heterocycles. The molecule has 4 amide bonds. The van der Waals surface area contributed by atoms with E-state index in [0.717, 1.165) is 24.3 Å². The van der Waals surface area contributed by atoms with Crippen LogP contribution in [0.5, 0.6) is 11.5 Å². The molecule has 6 atom stereocenters. The lowest BCUT2D eigenvalue weighted by molar-refractivity contribution is -0.143. The van der Waals surface area contributed by atoms with E-state index >= 15 is 0 Å². The van der Waals surface area contributed by atoms with E-state index in [2.05, 4.69) is 0 Å². The summed E-state index contributed by atoms with van der Waals surface area (Å²) < 4.78 is 102. The predicted octanol–water partition coefficient (Wildman–Crippen LogP) is 7.35.